The summed E-state index contributed by atoms with van der Waals surface area (Å²) in [6.07, 6.45) is 0.751. The summed E-state index contributed by atoms with van der Waals surface area (Å²) in [7, 11) is 3.17. The fourth-order valence-electron chi connectivity index (χ4n) is 4.31. The molecule has 0 spiro atoms. The van der Waals surface area contributed by atoms with Crippen LogP contribution >= 0.6 is 15.9 Å². The van der Waals surface area contributed by atoms with Crippen LogP contribution in [-0.2, 0) is 17.7 Å². The molecule has 0 N–H and O–H groups in total. The largest absolute Gasteiger partial charge is 0.493 e. The van der Waals surface area contributed by atoms with E-state index in [0.717, 1.165) is 23.2 Å². The van der Waals surface area contributed by atoms with Gasteiger partial charge in [-0.15, -0.1) is 0 Å². The molecule has 4 rings (SSSR count). The molecular weight excluding hydrogens is 465 g/mol. The molecule has 3 aromatic rings. The molecule has 0 atom stereocenters. The molecule has 0 amide bonds. The number of carbonyl (C=O) groups is 1. The van der Waals surface area contributed by atoms with E-state index in [1.165, 1.54) is 0 Å². The second-order valence-corrected chi connectivity index (χ2v) is 8.13. The van der Waals surface area contributed by atoms with Crippen molar-refractivity contribution in [2.45, 2.75) is 26.8 Å². The number of hydrogen-bond acceptors (Lipinski definition) is 4. The molecule has 0 unspecified atom stereocenters. The van der Waals surface area contributed by atoms with Crippen molar-refractivity contribution in [3.63, 3.8) is 0 Å². The van der Waals surface area contributed by atoms with Crippen LogP contribution in [0.3, 0.4) is 0 Å². The van der Waals surface area contributed by atoms with E-state index in [1.807, 2.05) is 19.1 Å². The number of nitrogens with zero attached hydrogens (tertiary/aromatic N) is 1. The summed E-state index contributed by atoms with van der Waals surface area (Å²) >= 11 is 3.26. The van der Waals surface area contributed by atoms with Crippen molar-refractivity contribution >= 4 is 21.9 Å². The highest BCUT2D eigenvalue weighted by Crippen LogP contribution is 2.46. The van der Waals surface area contributed by atoms with E-state index in [-0.39, 0.29) is 6.61 Å². The molecule has 162 valence electrons. The fraction of sp³-hybridized carbons (Fsp3) is 0.292. The van der Waals surface area contributed by atoms with Gasteiger partial charge in [0.15, 0.2) is 11.5 Å². The molecule has 31 heavy (non-hydrogen) atoms. The topological polar surface area (TPSA) is 49.7 Å². The van der Waals surface area contributed by atoms with Crippen LogP contribution in [0.25, 0.3) is 22.4 Å². The van der Waals surface area contributed by atoms with Crippen molar-refractivity contribution < 1.29 is 23.4 Å². The number of benzene rings is 2. The van der Waals surface area contributed by atoms with Crippen LogP contribution in [0.5, 0.6) is 11.5 Å². The Morgan fingerprint density at radius 1 is 1.16 bits per heavy atom. The summed E-state index contributed by atoms with van der Waals surface area (Å²) in [5.41, 5.74) is 4.70. The van der Waals surface area contributed by atoms with Crippen LogP contribution in [0, 0.1) is 12.7 Å². The average Bonchev–Trinajstić information content (AvgIpc) is 3.07. The number of rotatable bonds is 5. The summed E-state index contributed by atoms with van der Waals surface area (Å²) in [5, 5.41) is 0. The second kappa shape index (κ2) is 8.38. The molecule has 1 aromatic heterocycles. The molecule has 0 radical (unpaired) electrons. The molecule has 0 fully saturated rings. The summed E-state index contributed by atoms with van der Waals surface area (Å²) in [4.78, 5) is 13.2. The summed E-state index contributed by atoms with van der Waals surface area (Å²) in [6, 6.07) is 8.90. The highest BCUT2D eigenvalue weighted by atomic mass is 79.9. The maximum Gasteiger partial charge on any atom is 0.340 e. The monoisotopic (exact) mass is 487 g/mol. The first-order valence-corrected chi connectivity index (χ1v) is 10.8. The van der Waals surface area contributed by atoms with Gasteiger partial charge in [-0.1, -0.05) is 12.1 Å². The molecule has 0 bridgehead atoms. The minimum Gasteiger partial charge on any atom is -0.493 e. The van der Waals surface area contributed by atoms with Crippen LogP contribution in [0.4, 0.5) is 4.39 Å². The van der Waals surface area contributed by atoms with Crippen LogP contribution in [-0.4, -0.2) is 31.4 Å². The van der Waals surface area contributed by atoms with Gasteiger partial charge < -0.3 is 18.8 Å². The highest BCUT2D eigenvalue weighted by Gasteiger charge is 2.33. The van der Waals surface area contributed by atoms with E-state index in [1.54, 1.807) is 39.3 Å². The summed E-state index contributed by atoms with van der Waals surface area (Å²) in [6.45, 7) is 4.55. The maximum atomic E-state index is 15.1. The van der Waals surface area contributed by atoms with E-state index in [4.69, 9.17) is 14.2 Å². The zero-order valence-electron chi connectivity index (χ0n) is 17.8. The molecule has 0 saturated heterocycles. The molecule has 0 aliphatic carbocycles. The van der Waals surface area contributed by atoms with Gasteiger partial charge in [0.2, 0.25) is 0 Å². The van der Waals surface area contributed by atoms with Gasteiger partial charge in [-0.2, -0.15) is 0 Å². The zero-order valence-corrected chi connectivity index (χ0v) is 19.4. The molecular formula is C24H23BrFNO4. The zero-order chi connectivity index (χ0) is 22.3. The molecule has 1 aliphatic rings. The molecule has 0 saturated carbocycles. The Bertz CT molecular complexity index is 1190. The second-order valence-electron chi connectivity index (χ2n) is 7.27. The molecule has 1 aliphatic heterocycles. The SMILES string of the molecule is CCOC(=O)c1c(-c2cccc(Br)c2F)c(C)n2c1-c1cc(OC)c(OC)cc1CC2. The normalized spacial score (nSPS) is 12.2. The van der Waals surface area contributed by atoms with Gasteiger partial charge in [0, 0.05) is 28.9 Å². The van der Waals surface area contributed by atoms with Gasteiger partial charge in [-0.05, 0) is 60.0 Å². The number of esters is 1. The van der Waals surface area contributed by atoms with Crippen LogP contribution in [0.1, 0.15) is 28.5 Å². The molecule has 2 aromatic carbocycles. The summed E-state index contributed by atoms with van der Waals surface area (Å²) in [5.74, 6) is 0.315. The predicted molar refractivity (Wildman–Crippen MR) is 120 cm³/mol. The van der Waals surface area contributed by atoms with Crippen LogP contribution in [0.2, 0.25) is 0 Å². The quantitative estimate of drug-likeness (QED) is 0.427. The van der Waals surface area contributed by atoms with Gasteiger partial charge in [-0.3, -0.25) is 0 Å². The third-order valence-corrected chi connectivity index (χ3v) is 6.31. The number of aromatic nitrogens is 1. The Balaban J connectivity index is 2.07. The highest BCUT2D eigenvalue weighted by molar-refractivity contribution is 9.10. The third-order valence-electron chi connectivity index (χ3n) is 5.69. The van der Waals surface area contributed by atoms with Crippen molar-refractivity contribution in [1.29, 1.82) is 0 Å². The van der Waals surface area contributed by atoms with E-state index in [0.29, 0.717) is 44.9 Å². The van der Waals surface area contributed by atoms with Crippen molar-refractivity contribution in [2.24, 2.45) is 0 Å². The summed E-state index contributed by atoms with van der Waals surface area (Å²) < 4.78 is 33.9. The number of methoxy groups -OCH3 is 2. The number of halogens is 2. The predicted octanol–water partition coefficient (Wildman–Crippen LogP) is 5.78. The fourth-order valence-corrected chi connectivity index (χ4v) is 4.67. The number of hydrogen-bond donors (Lipinski definition) is 0. The Hall–Kier alpha value is -2.80. The Morgan fingerprint density at radius 3 is 2.55 bits per heavy atom. The first-order chi connectivity index (χ1) is 14.9. The van der Waals surface area contributed by atoms with Crippen molar-refractivity contribution in [3.05, 3.63) is 57.4 Å². The van der Waals surface area contributed by atoms with Crippen molar-refractivity contribution in [1.82, 2.24) is 4.57 Å². The lowest BCUT2D eigenvalue weighted by Crippen LogP contribution is -2.15. The molecule has 5 nitrogen and oxygen atoms in total. The van der Waals surface area contributed by atoms with Gasteiger partial charge in [-0.25, -0.2) is 9.18 Å². The van der Waals surface area contributed by atoms with Crippen LogP contribution in [0.15, 0.2) is 34.8 Å². The average molecular weight is 488 g/mol. The Labute approximate surface area is 188 Å². The van der Waals surface area contributed by atoms with Gasteiger partial charge in [0.25, 0.3) is 0 Å². The van der Waals surface area contributed by atoms with Gasteiger partial charge in [0.1, 0.15) is 5.82 Å². The Kier molecular flexibility index (Phi) is 5.79. The standard InChI is InChI=1S/C24H23BrFNO4/c1-5-31-24(28)21-20(15-7-6-8-17(25)22(15)26)13(2)27-10-9-14-11-18(29-3)19(30-4)12-16(14)23(21)27/h6-8,11-12H,5,9-10H2,1-4H3. The van der Waals surface area contributed by atoms with E-state index >= 15 is 4.39 Å². The minimum atomic E-state index is -0.476. The lowest BCUT2D eigenvalue weighted by molar-refractivity contribution is 0.0528. The van der Waals surface area contributed by atoms with E-state index < -0.39 is 11.8 Å². The maximum absolute atomic E-state index is 15.1. The van der Waals surface area contributed by atoms with Gasteiger partial charge >= 0.3 is 5.97 Å². The third kappa shape index (κ3) is 3.41. The van der Waals surface area contributed by atoms with Crippen LogP contribution < -0.4 is 9.47 Å². The molecule has 7 heteroatoms. The van der Waals surface area contributed by atoms with Crippen molar-refractivity contribution in [3.8, 4) is 33.9 Å². The number of carbonyl (C=O) groups excluding carboxylic acids is 1. The number of aryl methyl sites for hydroxylation is 1. The first kappa shape index (κ1) is 21.4. The van der Waals surface area contributed by atoms with E-state index in [2.05, 4.69) is 20.5 Å². The minimum absolute atomic E-state index is 0.224. The van der Waals surface area contributed by atoms with E-state index in [9.17, 15) is 4.79 Å². The smallest absolute Gasteiger partial charge is 0.340 e. The lowest BCUT2D eigenvalue weighted by atomic mass is 9.93. The van der Waals surface area contributed by atoms with Gasteiger partial charge in [0.05, 0.1) is 36.6 Å². The first-order valence-electron chi connectivity index (χ1n) is 10.0. The number of ether oxygens (including phenoxy) is 3. The Morgan fingerprint density at radius 2 is 1.87 bits per heavy atom. The van der Waals surface area contributed by atoms with Crippen molar-refractivity contribution in [2.75, 3.05) is 20.8 Å². The number of fused-ring (bicyclic) bond motifs is 3. The lowest BCUT2D eigenvalue weighted by Gasteiger charge is -2.23. The molecule has 2 heterocycles.